The molecule has 1 amide bonds. The molecule has 1 aromatic heterocycles. The van der Waals surface area contributed by atoms with E-state index in [9.17, 15) is 14.7 Å². The Morgan fingerprint density at radius 3 is 2.60 bits per heavy atom. The van der Waals surface area contributed by atoms with E-state index < -0.39 is 18.0 Å². The number of amides is 1. The molecular formula is C20H22ClN3O6. The van der Waals surface area contributed by atoms with Gasteiger partial charge in [-0.3, -0.25) is 10.2 Å². The highest BCUT2D eigenvalue weighted by molar-refractivity contribution is 6.31. The predicted molar refractivity (Wildman–Crippen MR) is 110 cm³/mol. The zero-order valence-corrected chi connectivity index (χ0v) is 17.2. The minimum absolute atomic E-state index is 0.121. The molecule has 10 heteroatoms. The summed E-state index contributed by atoms with van der Waals surface area (Å²) in [6.07, 6.45) is 0.0339. The quantitative estimate of drug-likeness (QED) is 0.384. The van der Waals surface area contributed by atoms with Gasteiger partial charge in [0.25, 0.3) is 5.88 Å². The van der Waals surface area contributed by atoms with Crippen LogP contribution in [0.1, 0.15) is 28.6 Å². The monoisotopic (exact) mass is 435 g/mol. The van der Waals surface area contributed by atoms with Crippen LogP contribution in [-0.4, -0.2) is 52.0 Å². The molecule has 0 aliphatic rings. The first-order valence-electron chi connectivity index (χ1n) is 8.79. The second-order valence-corrected chi connectivity index (χ2v) is 6.87. The number of benzene rings is 1. The maximum absolute atomic E-state index is 12.4. The number of carboxylic acid groups (broad SMARTS) is 1. The average molecular weight is 436 g/mol. The van der Waals surface area contributed by atoms with Crippen LogP contribution < -0.4 is 10.2 Å². The minimum Gasteiger partial charge on any atom is -0.479 e. The number of rotatable bonds is 10. The standard InChI is InChI=1S/C20H22ClN3O6/c1-12(8-13(2)21)15-6-4-14(5-7-15)10-24(11-16(25)20(27)28)22-19(26)17-9-18(29-3)23-30-17/h4-9,16,25H,2,10-11H2,1,3H3,(H,22,26)(H,27,28). The van der Waals surface area contributed by atoms with E-state index in [-0.39, 0.29) is 24.7 Å². The summed E-state index contributed by atoms with van der Waals surface area (Å²) >= 11 is 5.80. The number of nitrogens with one attached hydrogen (secondary N) is 1. The van der Waals surface area contributed by atoms with E-state index in [1.807, 2.05) is 31.2 Å². The van der Waals surface area contributed by atoms with Crippen molar-refractivity contribution in [2.45, 2.75) is 19.6 Å². The van der Waals surface area contributed by atoms with Crippen LogP contribution in [0.3, 0.4) is 0 Å². The Kier molecular flexibility index (Phi) is 8.16. The van der Waals surface area contributed by atoms with E-state index in [0.717, 1.165) is 16.7 Å². The van der Waals surface area contributed by atoms with Crippen LogP contribution in [0, 0.1) is 0 Å². The molecule has 1 unspecified atom stereocenters. The second kappa shape index (κ2) is 10.6. The molecule has 2 aromatic rings. The third-order valence-electron chi connectivity index (χ3n) is 4.02. The number of halogens is 1. The normalized spacial score (nSPS) is 12.5. The highest BCUT2D eigenvalue weighted by atomic mass is 35.5. The van der Waals surface area contributed by atoms with Gasteiger partial charge < -0.3 is 19.5 Å². The Balaban J connectivity index is 2.15. The zero-order chi connectivity index (χ0) is 22.3. The van der Waals surface area contributed by atoms with Gasteiger partial charge in [-0.25, -0.2) is 9.80 Å². The molecule has 30 heavy (non-hydrogen) atoms. The number of hydrogen-bond donors (Lipinski definition) is 3. The molecule has 9 nitrogen and oxygen atoms in total. The summed E-state index contributed by atoms with van der Waals surface area (Å²) in [5.41, 5.74) is 5.13. The van der Waals surface area contributed by atoms with E-state index in [2.05, 4.69) is 17.2 Å². The molecule has 0 saturated carbocycles. The number of nitrogens with zero attached hydrogens (tertiary/aromatic N) is 2. The Hall–Kier alpha value is -3.14. The number of carboxylic acids is 1. The van der Waals surface area contributed by atoms with Gasteiger partial charge in [-0.1, -0.05) is 42.4 Å². The van der Waals surface area contributed by atoms with Crippen LogP contribution >= 0.6 is 11.6 Å². The van der Waals surface area contributed by atoms with Crippen molar-refractivity contribution in [1.29, 1.82) is 0 Å². The van der Waals surface area contributed by atoms with Crippen LogP contribution in [0.25, 0.3) is 5.57 Å². The molecule has 0 spiro atoms. The van der Waals surface area contributed by atoms with Crippen molar-refractivity contribution in [2.24, 2.45) is 0 Å². The first kappa shape index (κ1) is 23.1. The van der Waals surface area contributed by atoms with E-state index >= 15 is 0 Å². The lowest BCUT2D eigenvalue weighted by Crippen LogP contribution is -2.47. The summed E-state index contributed by atoms with van der Waals surface area (Å²) in [5.74, 6) is -2.08. The minimum atomic E-state index is -1.70. The third kappa shape index (κ3) is 6.73. The first-order chi connectivity index (χ1) is 14.2. The molecule has 0 saturated heterocycles. The van der Waals surface area contributed by atoms with Crippen molar-refractivity contribution >= 4 is 29.1 Å². The topological polar surface area (TPSA) is 125 Å². The maximum Gasteiger partial charge on any atom is 0.333 e. The van der Waals surface area contributed by atoms with Crippen molar-refractivity contribution in [1.82, 2.24) is 15.6 Å². The summed E-state index contributed by atoms with van der Waals surface area (Å²) in [7, 11) is 1.37. The highest BCUT2D eigenvalue weighted by Gasteiger charge is 2.22. The number of ether oxygens (including phenoxy) is 1. The van der Waals surface area contributed by atoms with E-state index in [1.54, 1.807) is 6.08 Å². The number of carbonyl (C=O) groups excluding carboxylic acids is 1. The Morgan fingerprint density at radius 1 is 1.40 bits per heavy atom. The largest absolute Gasteiger partial charge is 0.479 e. The number of aliphatic hydroxyl groups is 1. The molecule has 0 bridgehead atoms. The number of methoxy groups -OCH3 is 1. The van der Waals surface area contributed by atoms with Gasteiger partial charge in [0.1, 0.15) is 0 Å². The summed E-state index contributed by atoms with van der Waals surface area (Å²) in [6, 6.07) is 8.63. The fourth-order valence-corrected chi connectivity index (χ4v) is 2.67. The van der Waals surface area contributed by atoms with Gasteiger partial charge in [0.15, 0.2) is 6.10 Å². The smallest absolute Gasteiger partial charge is 0.333 e. The fraction of sp³-hybridized carbons (Fsp3) is 0.250. The van der Waals surface area contributed by atoms with Gasteiger partial charge >= 0.3 is 11.9 Å². The van der Waals surface area contributed by atoms with Crippen LogP contribution in [0.2, 0.25) is 0 Å². The Labute approximate surface area is 178 Å². The molecule has 3 N–H and O–H groups in total. The zero-order valence-electron chi connectivity index (χ0n) is 16.5. The molecule has 160 valence electrons. The summed E-state index contributed by atoms with van der Waals surface area (Å²) in [6.45, 7) is 5.31. The van der Waals surface area contributed by atoms with Crippen molar-refractivity contribution in [3.05, 3.63) is 64.9 Å². The number of aliphatic hydroxyl groups excluding tert-OH is 1. The van der Waals surface area contributed by atoms with E-state index in [0.29, 0.717) is 5.03 Å². The molecule has 2 rings (SSSR count). The molecule has 0 aliphatic heterocycles. The van der Waals surface area contributed by atoms with Crippen LogP contribution in [0.5, 0.6) is 5.88 Å². The van der Waals surface area contributed by atoms with Crippen molar-refractivity contribution in [3.8, 4) is 5.88 Å². The number of aliphatic carboxylic acids is 1. The van der Waals surface area contributed by atoms with Gasteiger partial charge in [0, 0.05) is 11.6 Å². The molecule has 0 fully saturated rings. The Morgan fingerprint density at radius 2 is 2.07 bits per heavy atom. The highest BCUT2D eigenvalue weighted by Crippen LogP contribution is 2.18. The fourth-order valence-electron chi connectivity index (χ4n) is 2.51. The lowest BCUT2D eigenvalue weighted by Gasteiger charge is -2.24. The van der Waals surface area contributed by atoms with Crippen LogP contribution in [0.4, 0.5) is 0 Å². The van der Waals surface area contributed by atoms with Gasteiger partial charge in [-0.05, 0) is 34.9 Å². The lowest BCUT2D eigenvalue weighted by molar-refractivity contribution is -0.148. The number of hydrogen-bond acceptors (Lipinski definition) is 7. The van der Waals surface area contributed by atoms with Gasteiger partial charge in [0.05, 0.1) is 19.7 Å². The third-order valence-corrected chi connectivity index (χ3v) is 4.12. The number of allylic oxidation sites excluding steroid dienone is 3. The van der Waals surface area contributed by atoms with Crippen LogP contribution in [0.15, 0.2) is 52.5 Å². The van der Waals surface area contributed by atoms with Gasteiger partial charge in [0.2, 0.25) is 5.76 Å². The summed E-state index contributed by atoms with van der Waals surface area (Å²) in [4.78, 5) is 23.4. The second-order valence-electron chi connectivity index (χ2n) is 6.38. The lowest BCUT2D eigenvalue weighted by atomic mass is 10.0. The number of aromatic nitrogens is 1. The molecular weight excluding hydrogens is 414 g/mol. The molecule has 0 radical (unpaired) electrons. The number of carbonyl (C=O) groups is 2. The SMILES string of the molecule is C=C(Cl)C=C(C)c1ccc(CN(CC(O)C(=O)O)NC(=O)c2cc(OC)no2)cc1. The van der Waals surface area contributed by atoms with Crippen molar-refractivity contribution < 1.29 is 29.1 Å². The molecule has 0 aliphatic carbocycles. The molecule has 1 atom stereocenters. The first-order valence-corrected chi connectivity index (χ1v) is 9.17. The molecule has 1 aromatic carbocycles. The number of hydrazine groups is 1. The van der Waals surface area contributed by atoms with E-state index in [4.69, 9.17) is 26.0 Å². The average Bonchev–Trinajstić information content (AvgIpc) is 3.17. The maximum atomic E-state index is 12.4. The van der Waals surface area contributed by atoms with Gasteiger partial charge in [-0.15, -0.1) is 0 Å². The van der Waals surface area contributed by atoms with Crippen molar-refractivity contribution in [2.75, 3.05) is 13.7 Å². The van der Waals surface area contributed by atoms with Crippen LogP contribution in [-0.2, 0) is 11.3 Å². The summed E-state index contributed by atoms with van der Waals surface area (Å²) < 4.78 is 9.74. The van der Waals surface area contributed by atoms with E-state index in [1.165, 1.54) is 18.2 Å². The van der Waals surface area contributed by atoms with Gasteiger partial charge in [-0.2, -0.15) is 0 Å². The summed E-state index contributed by atoms with van der Waals surface area (Å²) in [5, 5.41) is 23.9. The predicted octanol–water partition coefficient (Wildman–Crippen LogP) is 2.43. The van der Waals surface area contributed by atoms with Crippen molar-refractivity contribution in [3.63, 3.8) is 0 Å². The Bertz CT molecular complexity index is 938. The molecule has 1 heterocycles.